The lowest BCUT2D eigenvalue weighted by atomic mass is 9.98. The Balaban J connectivity index is 1.62. The SMILES string of the molecule is C[C@H](CO)N1C[C@H](C)[C@H](CN(C)CC2CCOCC2)Oc2cc(C#CC3CC3)ccc2S1(=O)=O. The summed E-state index contributed by atoms with van der Waals surface area (Å²) in [5, 5.41) is 9.81. The highest BCUT2D eigenvalue weighted by molar-refractivity contribution is 7.89. The molecule has 1 saturated heterocycles. The molecule has 3 aliphatic rings. The first-order valence-corrected chi connectivity index (χ1v) is 13.9. The van der Waals surface area contributed by atoms with Crippen LogP contribution in [0, 0.1) is 29.6 Å². The van der Waals surface area contributed by atoms with E-state index in [2.05, 4.69) is 23.8 Å². The van der Waals surface area contributed by atoms with Crippen molar-refractivity contribution < 1.29 is 23.0 Å². The van der Waals surface area contributed by atoms with Gasteiger partial charge in [0, 0.05) is 56.3 Å². The molecule has 0 bridgehead atoms. The van der Waals surface area contributed by atoms with Gasteiger partial charge in [-0.05, 0) is 63.8 Å². The van der Waals surface area contributed by atoms with Crippen molar-refractivity contribution in [1.82, 2.24) is 9.21 Å². The van der Waals surface area contributed by atoms with E-state index in [-0.39, 0.29) is 23.5 Å². The smallest absolute Gasteiger partial charge is 0.247 e. The van der Waals surface area contributed by atoms with Gasteiger partial charge in [0.2, 0.25) is 10.0 Å². The minimum Gasteiger partial charge on any atom is -0.487 e. The molecule has 34 heavy (non-hydrogen) atoms. The highest BCUT2D eigenvalue weighted by Gasteiger charge is 2.38. The maximum absolute atomic E-state index is 13.6. The third kappa shape index (κ3) is 6.13. The molecule has 2 aliphatic heterocycles. The molecule has 3 atom stereocenters. The molecule has 2 fully saturated rings. The summed E-state index contributed by atoms with van der Waals surface area (Å²) in [4.78, 5) is 2.44. The van der Waals surface area contributed by atoms with E-state index in [0.717, 1.165) is 51.0 Å². The molecule has 0 unspecified atom stereocenters. The van der Waals surface area contributed by atoms with Crippen LogP contribution in [0.2, 0.25) is 0 Å². The molecule has 188 valence electrons. The van der Waals surface area contributed by atoms with Gasteiger partial charge in [-0.15, -0.1) is 0 Å². The summed E-state index contributed by atoms with van der Waals surface area (Å²) >= 11 is 0. The predicted octanol–water partition coefficient (Wildman–Crippen LogP) is 2.58. The lowest BCUT2D eigenvalue weighted by molar-refractivity contribution is 0.0402. The first-order chi connectivity index (χ1) is 16.3. The number of hydrogen-bond donors (Lipinski definition) is 1. The van der Waals surface area contributed by atoms with Gasteiger partial charge in [-0.25, -0.2) is 8.42 Å². The molecule has 0 aromatic heterocycles. The number of aliphatic hydroxyl groups is 1. The molecule has 1 aromatic carbocycles. The van der Waals surface area contributed by atoms with Crippen LogP contribution < -0.4 is 4.74 Å². The second kappa shape index (κ2) is 11.0. The van der Waals surface area contributed by atoms with E-state index in [9.17, 15) is 13.5 Å². The highest BCUT2D eigenvalue weighted by Crippen LogP contribution is 2.34. The summed E-state index contributed by atoms with van der Waals surface area (Å²) < 4.78 is 40.5. The second-order valence-electron chi connectivity index (χ2n) is 10.2. The Labute approximate surface area is 204 Å². The summed E-state index contributed by atoms with van der Waals surface area (Å²) in [7, 11) is -1.72. The molecular weight excluding hydrogens is 452 g/mol. The Kier molecular flexibility index (Phi) is 8.21. The number of nitrogens with zero attached hydrogens (tertiary/aromatic N) is 2. The number of hydrogen-bond acceptors (Lipinski definition) is 6. The number of sulfonamides is 1. The minimum atomic E-state index is -3.82. The molecular formula is C26H38N2O5S. The van der Waals surface area contributed by atoms with E-state index in [1.165, 1.54) is 4.31 Å². The van der Waals surface area contributed by atoms with Gasteiger partial charge >= 0.3 is 0 Å². The molecule has 8 heteroatoms. The first kappa shape index (κ1) is 25.5. The third-order valence-electron chi connectivity index (χ3n) is 7.07. The van der Waals surface area contributed by atoms with E-state index >= 15 is 0 Å². The average molecular weight is 491 g/mol. The minimum absolute atomic E-state index is 0.0599. The van der Waals surface area contributed by atoms with Gasteiger partial charge in [-0.3, -0.25) is 0 Å². The van der Waals surface area contributed by atoms with Gasteiger partial charge < -0.3 is 19.5 Å². The monoisotopic (exact) mass is 490 g/mol. The zero-order valence-corrected chi connectivity index (χ0v) is 21.4. The van der Waals surface area contributed by atoms with Crippen LogP contribution in [0.5, 0.6) is 5.75 Å². The number of benzene rings is 1. The molecule has 1 saturated carbocycles. The van der Waals surface area contributed by atoms with E-state index in [0.29, 0.717) is 30.7 Å². The van der Waals surface area contributed by atoms with Crippen molar-refractivity contribution in [2.45, 2.75) is 56.6 Å². The molecule has 7 nitrogen and oxygen atoms in total. The van der Waals surface area contributed by atoms with E-state index in [1.807, 2.05) is 6.92 Å². The maximum Gasteiger partial charge on any atom is 0.247 e. The van der Waals surface area contributed by atoms with Crippen molar-refractivity contribution in [1.29, 1.82) is 0 Å². The number of aliphatic hydroxyl groups excluding tert-OH is 1. The van der Waals surface area contributed by atoms with Gasteiger partial charge in [0.15, 0.2) is 0 Å². The third-order valence-corrected chi connectivity index (χ3v) is 9.09. The quantitative estimate of drug-likeness (QED) is 0.618. The summed E-state index contributed by atoms with van der Waals surface area (Å²) in [5.41, 5.74) is 0.769. The first-order valence-electron chi connectivity index (χ1n) is 12.5. The molecule has 0 radical (unpaired) electrons. The molecule has 1 aromatic rings. The number of rotatable bonds is 6. The van der Waals surface area contributed by atoms with Gasteiger partial charge in [0.25, 0.3) is 0 Å². The summed E-state index contributed by atoms with van der Waals surface area (Å²) in [6, 6.07) is 4.62. The van der Waals surface area contributed by atoms with Crippen LogP contribution in [0.25, 0.3) is 0 Å². The molecule has 4 rings (SSSR count). The summed E-state index contributed by atoms with van der Waals surface area (Å²) in [5.74, 6) is 7.79. The fourth-order valence-electron chi connectivity index (χ4n) is 4.69. The molecule has 1 N–H and O–H groups in total. The van der Waals surface area contributed by atoms with Crippen LogP contribution in [0.15, 0.2) is 23.1 Å². The molecule has 0 spiro atoms. The van der Waals surface area contributed by atoms with Crippen LogP contribution in [-0.2, 0) is 14.8 Å². The van der Waals surface area contributed by atoms with Gasteiger partial charge in [-0.1, -0.05) is 18.8 Å². The average Bonchev–Trinajstić information content (AvgIpc) is 3.64. The number of ether oxygens (including phenoxy) is 2. The normalized spacial score (nSPS) is 26.5. The zero-order valence-electron chi connectivity index (χ0n) is 20.6. The van der Waals surface area contributed by atoms with Crippen molar-refractivity contribution in [3.8, 4) is 17.6 Å². The Hall–Kier alpha value is -1.63. The van der Waals surface area contributed by atoms with Crippen molar-refractivity contribution in [3.63, 3.8) is 0 Å². The fourth-order valence-corrected chi connectivity index (χ4v) is 6.51. The van der Waals surface area contributed by atoms with Crippen molar-refractivity contribution in [2.24, 2.45) is 17.8 Å². The van der Waals surface area contributed by atoms with Crippen LogP contribution in [0.1, 0.15) is 45.1 Å². The lowest BCUT2D eigenvalue weighted by Crippen LogP contribution is -2.50. The van der Waals surface area contributed by atoms with E-state index in [1.54, 1.807) is 25.1 Å². The van der Waals surface area contributed by atoms with Crippen molar-refractivity contribution in [2.75, 3.05) is 46.5 Å². The van der Waals surface area contributed by atoms with Gasteiger partial charge in [0.05, 0.1) is 6.61 Å². The number of fused-ring (bicyclic) bond motifs is 1. The molecule has 0 amide bonds. The molecule has 2 heterocycles. The topological polar surface area (TPSA) is 79.3 Å². The fraction of sp³-hybridized carbons (Fsp3) is 0.692. The second-order valence-corrected chi connectivity index (χ2v) is 12.1. The summed E-state index contributed by atoms with van der Waals surface area (Å²) in [6.07, 6.45) is 4.21. The standard InChI is InChI=1S/C26H38N2O5S/c1-19-15-28(20(2)18-29)34(30,31)26-9-8-22(7-6-21-4-5-21)14-24(26)33-25(19)17-27(3)16-23-10-12-32-13-11-23/h8-9,14,19-21,23,25,29H,4-5,10-13,15-18H2,1-3H3/t19-,20+,25-/m0/s1. The van der Waals surface area contributed by atoms with Gasteiger partial charge in [0.1, 0.15) is 16.7 Å². The van der Waals surface area contributed by atoms with Crippen LogP contribution in [0.3, 0.4) is 0 Å². The van der Waals surface area contributed by atoms with Crippen LogP contribution >= 0.6 is 0 Å². The highest BCUT2D eigenvalue weighted by atomic mass is 32.2. The van der Waals surface area contributed by atoms with Crippen molar-refractivity contribution >= 4 is 10.0 Å². The Morgan fingerprint density at radius 1 is 1.21 bits per heavy atom. The van der Waals surface area contributed by atoms with Crippen molar-refractivity contribution in [3.05, 3.63) is 23.8 Å². The predicted molar refractivity (Wildman–Crippen MR) is 131 cm³/mol. The summed E-state index contributed by atoms with van der Waals surface area (Å²) in [6.45, 7) is 7.12. The Morgan fingerprint density at radius 3 is 2.62 bits per heavy atom. The Bertz CT molecular complexity index is 1010. The largest absolute Gasteiger partial charge is 0.487 e. The van der Waals surface area contributed by atoms with Crippen LogP contribution in [-0.4, -0.2) is 81.4 Å². The van der Waals surface area contributed by atoms with Gasteiger partial charge in [-0.2, -0.15) is 4.31 Å². The number of likely N-dealkylation sites (N-methyl/N-ethyl adjacent to an activating group) is 1. The Morgan fingerprint density at radius 2 is 1.94 bits per heavy atom. The van der Waals surface area contributed by atoms with E-state index in [4.69, 9.17) is 9.47 Å². The maximum atomic E-state index is 13.6. The van der Waals surface area contributed by atoms with E-state index < -0.39 is 16.1 Å². The lowest BCUT2D eigenvalue weighted by Gasteiger charge is -2.38. The zero-order chi connectivity index (χ0) is 24.3. The van der Waals surface area contributed by atoms with Crippen LogP contribution in [0.4, 0.5) is 0 Å². The molecule has 1 aliphatic carbocycles.